The molecule has 90 valence electrons. The number of aromatic nitrogens is 1. The molecule has 0 radical (unpaired) electrons. The third-order valence-electron chi connectivity index (χ3n) is 3.45. The molecule has 0 aliphatic heterocycles. The number of hydrogen-bond donors (Lipinski definition) is 0. The molecule has 0 fully saturated rings. The molecule has 0 aliphatic carbocycles. The standard InChI is InChI=1S/C15H19NO/c1-11-9-16(13(3)12(11)2)10-14-7-5-6-8-15(14)17-4/h5-9H,10H2,1-4H3. The van der Waals surface area contributed by atoms with Gasteiger partial charge in [0, 0.05) is 17.5 Å². The van der Waals surface area contributed by atoms with Crippen molar-refractivity contribution in [2.45, 2.75) is 27.3 Å². The minimum atomic E-state index is 0.866. The van der Waals surface area contributed by atoms with E-state index in [0.717, 1.165) is 12.3 Å². The van der Waals surface area contributed by atoms with Crippen LogP contribution in [-0.4, -0.2) is 11.7 Å². The van der Waals surface area contributed by atoms with Crippen molar-refractivity contribution in [1.29, 1.82) is 0 Å². The molecule has 0 bridgehead atoms. The average molecular weight is 229 g/mol. The Kier molecular flexibility index (Phi) is 3.23. The normalized spacial score (nSPS) is 10.6. The van der Waals surface area contributed by atoms with Gasteiger partial charge in [-0.1, -0.05) is 18.2 Å². The number of benzene rings is 1. The second-order valence-corrected chi connectivity index (χ2v) is 4.46. The number of ether oxygens (including phenoxy) is 1. The molecular formula is C15H19NO. The number of nitrogens with zero attached hydrogens (tertiary/aromatic N) is 1. The third kappa shape index (κ3) is 2.21. The summed E-state index contributed by atoms with van der Waals surface area (Å²) in [6.07, 6.45) is 2.21. The van der Waals surface area contributed by atoms with Gasteiger partial charge in [0.05, 0.1) is 13.7 Å². The zero-order chi connectivity index (χ0) is 12.4. The predicted molar refractivity (Wildman–Crippen MR) is 70.7 cm³/mol. The lowest BCUT2D eigenvalue weighted by molar-refractivity contribution is 0.408. The summed E-state index contributed by atoms with van der Waals surface area (Å²) in [4.78, 5) is 0. The van der Waals surface area contributed by atoms with Gasteiger partial charge >= 0.3 is 0 Å². The smallest absolute Gasteiger partial charge is 0.123 e. The highest BCUT2D eigenvalue weighted by molar-refractivity contribution is 5.35. The largest absolute Gasteiger partial charge is 0.496 e. The molecule has 0 saturated heterocycles. The summed E-state index contributed by atoms with van der Waals surface area (Å²) in [5.74, 6) is 0.955. The fourth-order valence-corrected chi connectivity index (χ4v) is 2.11. The van der Waals surface area contributed by atoms with E-state index in [2.05, 4.69) is 43.7 Å². The molecular weight excluding hydrogens is 210 g/mol. The van der Waals surface area contributed by atoms with E-state index < -0.39 is 0 Å². The molecule has 1 heterocycles. The van der Waals surface area contributed by atoms with E-state index >= 15 is 0 Å². The minimum absolute atomic E-state index is 0.866. The maximum atomic E-state index is 5.38. The molecule has 0 unspecified atom stereocenters. The summed E-state index contributed by atoms with van der Waals surface area (Å²) >= 11 is 0. The summed E-state index contributed by atoms with van der Waals surface area (Å²) in [7, 11) is 1.72. The molecule has 0 N–H and O–H groups in total. The van der Waals surface area contributed by atoms with Gasteiger partial charge in [-0.05, 0) is 38.0 Å². The topological polar surface area (TPSA) is 14.2 Å². The maximum Gasteiger partial charge on any atom is 0.123 e. The first kappa shape index (κ1) is 11.8. The highest BCUT2D eigenvalue weighted by Crippen LogP contribution is 2.21. The Balaban J connectivity index is 2.34. The lowest BCUT2D eigenvalue weighted by atomic mass is 10.2. The van der Waals surface area contributed by atoms with Crippen LogP contribution in [0.3, 0.4) is 0 Å². The Morgan fingerprint density at radius 1 is 1.12 bits per heavy atom. The van der Waals surface area contributed by atoms with Crippen LogP contribution in [0.15, 0.2) is 30.5 Å². The van der Waals surface area contributed by atoms with Crippen molar-refractivity contribution in [3.63, 3.8) is 0 Å². The van der Waals surface area contributed by atoms with Crippen molar-refractivity contribution < 1.29 is 4.74 Å². The molecule has 0 aliphatic rings. The van der Waals surface area contributed by atoms with Crippen molar-refractivity contribution >= 4 is 0 Å². The van der Waals surface area contributed by atoms with Crippen molar-refractivity contribution in [2.75, 3.05) is 7.11 Å². The van der Waals surface area contributed by atoms with Crippen molar-refractivity contribution in [3.8, 4) is 5.75 Å². The molecule has 17 heavy (non-hydrogen) atoms. The number of rotatable bonds is 3. The van der Waals surface area contributed by atoms with Crippen LogP contribution in [0, 0.1) is 20.8 Å². The average Bonchev–Trinajstić information content (AvgIpc) is 2.58. The van der Waals surface area contributed by atoms with Gasteiger partial charge in [-0.2, -0.15) is 0 Å². The molecule has 0 saturated carbocycles. The monoisotopic (exact) mass is 229 g/mol. The first-order valence-corrected chi connectivity index (χ1v) is 5.88. The zero-order valence-corrected chi connectivity index (χ0v) is 10.9. The van der Waals surface area contributed by atoms with Crippen molar-refractivity contribution in [2.24, 2.45) is 0 Å². The first-order valence-electron chi connectivity index (χ1n) is 5.88. The number of hydrogen-bond acceptors (Lipinski definition) is 1. The second-order valence-electron chi connectivity index (χ2n) is 4.46. The highest BCUT2D eigenvalue weighted by atomic mass is 16.5. The maximum absolute atomic E-state index is 5.38. The van der Waals surface area contributed by atoms with E-state index in [9.17, 15) is 0 Å². The van der Waals surface area contributed by atoms with Crippen LogP contribution in [0.5, 0.6) is 5.75 Å². The molecule has 2 rings (SSSR count). The molecule has 1 aromatic heterocycles. The molecule has 1 aromatic carbocycles. The lowest BCUT2D eigenvalue weighted by Crippen LogP contribution is -2.02. The van der Waals surface area contributed by atoms with E-state index in [-0.39, 0.29) is 0 Å². The van der Waals surface area contributed by atoms with Gasteiger partial charge in [0.25, 0.3) is 0 Å². The summed E-state index contributed by atoms with van der Waals surface area (Å²) in [5, 5.41) is 0. The van der Waals surface area contributed by atoms with E-state index in [1.807, 2.05) is 12.1 Å². The molecule has 0 amide bonds. The van der Waals surface area contributed by atoms with Crippen molar-refractivity contribution in [1.82, 2.24) is 4.57 Å². The Hall–Kier alpha value is -1.70. The Labute approximate surface area is 103 Å². The fourth-order valence-electron chi connectivity index (χ4n) is 2.11. The van der Waals surface area contributed by atoms with Gasteiger partial charge in [-0.25, -0.2) is 0 Å². The van der Waals surface area contributed by atoms with E-state index in [0.29, 0.717) is 0 Å². The van der Waals surface area contributed by atoms with Crippen LogP contribution in [-0.2, 0) is 6.54 Å². The fraction of sp³-hybridized carbons (Fsp3) is 0.333. The van der Waals surface area contributed by atoms with Gasteiger partial charge in [-0.15, -0.1) is 0 Å². The summed E-state index contributed by atoms with van der Waals surface area (Å²) in [5.41, 5.74) is 5.26. The summed E-state index contributed by atoms with van der Waals surface area (Å²) < 4.78 is 7.66. The lowest BCUT2D eigenvalue weighted by Gasteiger charge is -2.10. The van der Waals surface area contributed by atoms with Gasteiger partial charge in [0.2, 0.25) is 0 Å². The predicted octanol–water partition coefficient (Wildman–Crippen LogP) is 3.47. The van der Waals surface area contributed by atoms with Crippen LogP contribution >= 0.6 is 0 Å². The molecule has 2 nitrogen and oxygen atoms in total. The Morgan fingerprint density at radius 2 is 1.82 bits per heavy atom. The van der Waals surface area contributed by atoms with Crippen LogP contribution in [0.25, 0.3) is 0 Å². The van der Waals surface area contributed by atoms with Gasteiger partial charge in [-0.3, -0.25) is 0 Å². The van der Waals surface area contributed by atoms with Gasteiger partial charge in [0.1, 0.15) is 5.75 Å². The Morgan fingerprint density at radius 3 is 2.41 bits per heavy atom. The van der Waals surface area contributed by atoms with Crippen LogP contribution in [0.4, 0.5) is 0 Å². The van der Waals surface area contributed by atoms with Crippen LogP contribution in [0.1, 0.15) is 22.4 Å². The van der Waals surface area contributed by atoms with Crippen LogP contribution < -0.4 is 4.74 Å². The van der Waals surface area contributed by atoms with E-state index in [1.165, 1.54) is 22.4 Å². The minimum Gasteiger partial charge on any atom is -0.496 e. The molecule has 0 atom stereocenters. The molecule has 2 aromatic rings. The zero-order valence-electron chi connectivity index (χ0n) is 10.9. The second kappa shape index (κ2) is 4.66. The van der Waals surface area contributed by atoms with E-state index in [1.54, 1.807) is 7.11 Å². The van der Waals surface area contributed by atoms with Gasteiger partial charge in [0.15, 0.2) is 0 Å². The molecule has 2 heteroatoms. The first-order chi connectivity index (χ1) is 8.13. The molecule has 0 spiro atoms. The quantitative estimate of drug-likeness (QED) is 0.786. The van der Waals surface area contributed by atoms with Crippen molar-refractivity contribution in [3.05, 3.63) is 52.8 Å². The Bertz CT molecular complexity index is 526. The SMILES string of the molecule is COc1ccccc1Cn1cc(C)c(C)c1C. The van der Waals surface area contributed by atoms with E-state index in [4.69, 9.17) is 4.74 Å². The third-order valence-corrected chi connectivity index (χ3v) is 3.45. The summed E-state index contributed by atoms with van der Waals surface area (Å²) in [6.45, 7) is 7.35. The number of aryl methyl sites for hydroxylation is 1. The number of methoxy groups -OCH3 is 1. The van der Waals surface area contributed by atoms with Gasteiger partial charge < -0.3 is 9.30 Å². The summed E-state index contributed by atoms with van der Waals surface area (Å²) in [6, 6.07) is 8.18. The number of para-hydroxylation sites is 1. The van der Waals surface area contributed by atoms with Crippen LogP contribution in [0.2, 0.25) is 0 Å². The highest BCUT2D eigenvalue weighted by Gasteiger charge is 2.08.